The number of rotatable bonds is 0. The summed E-state index contributed by atoms with van der Waals surface area (Å²) < 4.78 is 13.7. The molecule has 0 aromatic carbocycles. The third kappa shape index (κ3) is 1.50. The van der Waals surface area contributed by atoms with E-state index in [4.69, 9.17) is 5.26 Å². The van der Waals surface area contributed by atoms with E-state index >= 15 is 0 Å². The molecule has 0 N–H and O–H groups in total. The standard InChI is InChI=1S/C10H14FN/c1-7-4-9(6-12)10(3,11)5-8(7)2/h9H,4-5H2,1-3H3/t9?,10-/m1/s1. The van der Waals surface area contributed by atoms with Crippen molar-refractivity contribution < 1.29 is 4.39 Å². The number of halogens is 1. The molecule has 1 unspecified atom stereocenters. The first-order valence-electron chi connectivity index (χ1n) is 4.21. The molecule has 1 rings (SSSR count). The first-order chi connectivity index (χ1) is 5.47. The monoisotopic (exact) mass is 167 g/mol. The van der Waals surface area contributed by atoms with Gasteiger partial charge < -0.3 is 0 Å². The van der Waals surface area contributed by atoms with Crippen LogP contribution in [0.25, 0.3) is 0 Å². The molecule has 0 bridgehead atoms. The highest BCUT2D eigenvalue weighted by molar-refractivity contribution is 5.22. The second-order valence-electron chi connectivity index (χ2n) is 3.90. The van der Waals surface area contributed by atoms with Crippen LogP contribution in [0.1, 0.15) is 33.6 Å². The van der Waals surface area contributed by atoms with Gasteiger partial charge in [0.05, 0.1) is 12.0 Å². The normalized spacial score (nSPS) is 36.4. The van der Waals surface area contributed by atoms with Crippen molar-refractivity contribution in [2.75, 3.05) is 0 Å². The van der Waals surface area contributed by atoms with E-state index in [0.29, 0.717) is 12.8 Å². The van der Waals surface area contributed by atoms with Crippen LogP contribution in [0, 0.1) is 17.2 Å². The highest BCUT2D eigenvalue weighted by atomic mass is 19.1. The van der Waals surface area contributed by atoms with Gasteiger partial charge in [-0.2, -0.15) is 5.26 Å². The Hall–Kier alpha value is -0.840. The molecular weight excluding hydrogens is 153 g/mol. The predicted molar refractivity (Wildman–Crippen MR) is 46.2 cm³/mol. The lowest BCUT2D eigenvalue weighted by atomic mass is 9.76. The van der Waals surface area contributed by atoms with Crippen molar-refractivity contribution in [3.63, 3.8) is 0 Å². The maximum Gasteiger partial charge on any atom is 0.128 e. The Labute approximate surface area is 72.9 Å². The van der Waals surface area contributed by atoms with E-state index < -0.39 is 11.6 Å². The number of hydrogen-bond acceptors (Lipinski definition) is 1. The highest BCUT2D eigenvalue weighted by Crippen LogP contribution is 2.39. The molecule has 0 saturated heterocycles. The van der Waals surface area contributed by atoms with Crippen LogP contribution < -0.4 is 0 Å². The highest BCUT2D eigenvalue weighted by Gasteiger charge is 2.38. The topological polar surface area (TPSA) is 23.8 Å². The molecule has 0 radical (unpaired) electrons. The Morgan fingerprint density at radius 2 is 2.08 bits per heavy atom. The zero-order valence-electron chi connectivity index (χ0n) is 7.82. The van der Waals surface area contributed by atoms with Gasteiger partial charge in [0.1, 0.15) is 5.67 Å². The molecule has 0 amide bonds. The Morgan fingerprint density at radius 3 is 2.58 bits per heavy atom. The molecule has 0 heterocycles. The van der Waals surface area contributed by atoms with Gasteiger partial charge in [0.15, 0.2) is 0 Å². The minimum absolute atomic E-state index is 0.414. The number of nitriles is 1. The quantitative estimate of drug-likeness (QED) is 0.509. The number of alkyl halides is 1. The molecule has 2 heteroatoms. The van der Waals surface area contributed by atoms with Crippen LogP contribution in [-0.2, 0) is 0 Å². The molecule has 0 fully saturated rings. The van der Waals surface area contributed by atoms with Crippen molar-refractivity contribution in [1.82, 2.24) is 0 Å². The lowest BCUT2D eigenvalue weighted by molar-refractivity contribution is 0.124. The first kappa shape index (κ1) is 9.25. The number of nitrogens with zero attached hydrogens (tertiary/aromatic N) is 1. The van der Waals surface area contributed by atoms with E-state index in [-0.39, 0.29) is 0 Å². The van der Waals surface area contributed by atoms with E-state index in [1.807, 2.05) is 19.9 Å². The molecule has 0 spiro atoms. The minimum Gasteiger partial charge on any atom is -0.242 e. The summed E-state index contributed by atoms with van der Waals surface area (Å²) in [5.41, 5.74) is 0.960. The summed E-state index contributed by atoms with van der Waals surface area (Å²) >= 11 is 0. The zero-order chi connectivity index (χ0) is 9.35. The Balaban J connectivity index is 2.93. The average molecular weight is 167 g/mol. The average Bonchev–Trinajstić information content (AvgIpc) is 1.96. The van der Waals surface area contributed by atoms with Crippen LogP contribution in [-0.4, -0.2) is 5.67 Å². The Bertz CT molecular complexity index is 258. The third-order valence-corrected chi connectivity index (χ3v) is 2.73. The molecule has 0 saturated carbocycles. The van der Waals surface area contributed by atoms with Gasteiger partial charge in [0.25, 0.3) is 0 Å². The largest absolute Gasteiger partial charge is 0.242 e. The van der Waals surface area contributed by atoms with Gasteiger partial charge in [-0.15, -0.1) is 0 Å². The fourth-order valence-corrected chi connectivity index (χ4v) is 1.67. The van der Waals surface area contributed by atoms with Gasteiger partial charge in [-0.3, -0.25) is 0 Å². The molecule has 1 nitrogen and oxygen atoms in total. The summed E-state index contributed by atoms with van der Waals surface area (Å²) in [5, 5.41) is 8.72. The van der Waals surface area contributed by atoms with Gasteiger partial charge in [-0.1, -0.05) is 11.1 Å². The van der Waals surface area contributed by atoms with Gasteiger partial charge >= 0.3 is 0 Å². The van der Waals surface area contributed by atoms with E-state index in [1.54, 1.807) is 0 Å². The third-order valence-electron chi connectivity index (χ3n) is 2.73. The molecule has 0 aromatic rings. The lowest BCUT2D eigenvalue weighted by Gasteiger charge is -2.31. The van der Waals surface area contributed by atoms with Crippen molar-refractivity contribution >= 4 is 0 Å². The van der Waals surface area contributed by atoms with Crippen LogP contribution >= 0.6 is 0 Å². The molecule has 1 aliphatic carbocycles. The molecule has 66 valence electrons. The van der Waals surface area contributed by atoms with Crippen molar-refractivity contribution in [3.8, 4) is 6.07 Å². The van der Waals surface area contributed by atoms with Crippen LogP contribution in [0.3, 0.4) is 0 Å². The van der Waals surface area contributed by atoms with Gasteiger partial charge in [0, 0.05) is 6.42 Å². The van der Waals surface area contributed by atoms with Crippen LogP contribution in [0.15, 0.2) is 11.1 Å². The van der Waals surface area contributed by atoms with Crippen molar-refractivity contribution in [2.24, 2.45) is 5.92 Å². The molecule has 12 heavy (non-hydrogen) atoms. The lowest BCUT2D eigenvalue weighted by Crippen LogP contribution is -2.32. The predicted octanol–water partition coefficient (Wildman–Crippen LogP) is 2.98. The van der Waals surface area contributed by atoms with E-state index in [2.05, 4.69) is 0 Å². The second kappa shape index (κ2) is 2.90. The molecule has 1 aliphatic rings. The van der Waals surface area contributed by atoms with Crippen LogP contribution in [0.2, 0.25) is 0 Å². The fraction of sp³-hybridized carbons (Fsp3) is 0.700. The summed E-state index contributed by atoms with van der Waals surface area (Å²) in [5.74, 6) is -0.457. The van der Waals surface area contributed by atoms with Gasteiger partial charge in [0.2, 0.25) is 0 Å². The maximum absolute atomic E-state index is 13.7. The molecule has 2 atom stereocenters. The maximum atomic E-state index is 13.7. The number of allylic oxidation sites excluding steroid dienone is 2. The van der Waals surface area contributed by atoms with Crippen LogP contribution in [0.5, 0.6) is 0 Å². The molecular formula is C10H14FN. The van der Waals surface area contributed by atoms with Crippen molar-refractivity contribution in [3.05, 3.63) is 11.1 Å². The Morgan fingerprint density at radius 1 is 1.50 bits per heavy atom. The number of hydrogen-bond donors (Lipinski definition) is 0. The van der Waals surface area contributed by atoms with Crippen molar-refractivity contribution in [2.45, 2.75) is 39.3 Å². The zero-order valence-corrected chi connectivity index (χ0v) is 7.82. The molecule has 0 aliphatic heterocycles. The van der Waals surface area contributed by atoms with Crippen LogP contribution in [0.4, 0.5) is 4.39 Å². The van der Waals surface area contributed by atoms with E-state index in [9.17, 15) is 4.39 Å². The van der Waals surface area contributed by atoms with Crippen molar-refractivity contribution in [1.29, 1.82) is 5.26 Å². The molecule has 0 aromatic heterocycles. The summed E-state index contributed by atoms with van der Waals surface area (Å²) in [7, 11) is 0. The summed E-state index contributed by atoms with van der Waals surface area (Å²) in [6.07, 6.45) is 1.01. The SMILES string of the molecule is CC1=C(C)C[C@@](C)(F)C(C#N)C1. The summed E-state index contributed by atoms with van der Waals surface area (Å²) in [4.78, 5) is 0. The fourth-order valence-electron chi connectivity index (χ4n) is 1.67. The van der Waals surface area contributed by atoms with Gasteiger partial charge in [-0.05, 0) is 27.2 Å². The first-order valence-corrected chi connectivity index (χ1v) is 4.21. The van der Waals surface area contributed by atoms with E-state index in [1.165, 1.54) is 12.5 Å². The van der Waals surface area contributed by atoms with E-state index in [0.717, 1.165) is 5.57 Å². The van der Waals surface area contributed by atoms with Gasteiger partial charge in [-0.25, -0.2) is 4.39 Å². The minimum atomic E-state index is -1.32. The Kier molecular flexibility index (Phi) is 2.23. The summed E-state index contributed by atoms with van der Waals surface area (Å²) in [6, 6.07) is 2.04. The second-order valence-corrected chi connectivity index (χ2v) is 3.90. The summed E-state index contributed by atoms with van der Waals surface area (Å²) in [6.45, 7) is 5.45. The smallest absolute Gasteiger partial charge is 0.128 e.